The molecule has 0 radical (unpaired) electrons. The standard InChI is InChI=1S/C13H17NO5S2/c15-13(16)4-3-10-5-7-20-12(10)8-14-21(17,18)9-11-2-1-6-19-11/h3-5,7,11,14H,1-2,6,8-9H2,(H,15,16)/b4-3+. The molecule has 0 amide bonds. The third kappa shape index (κ3) is 5.24. The second-order valence-corrected chi connectivity index (χ2v) is 7.56. The van der Waals surface area contributed by atoms with Crippen molar-refractivity contribution in [1.82, 2.24) is 4.72 Å². The fraction of sp³-hybridized carbons (Fsp3) is 0.462. The summed E-state index contributed by atoms with van der Waals surface area (Å²) in [4.78, 5) is 11.3. The van der Waals surface area contributed by atoms with E-state index in [1.807, 2.05) is 0 Å². The molecule has 1 aliphatic heterocycles. The van der Waals surface area contributed by atoms with Gasteiger partial charge in [-0.15, -0.1) is 11.3 Å². The molecule has 0 aromatic carbocycles. The van der Waals surface area contributed by atoms with Gasteiger partial charge in [-0.05, 0) is 35.9 Å². The molecule has 0 aliphatic carbocycles. The number of nitrogens with one attached hydrogen (secondary N) is 1. The summed E-state index contributed by atoms with van der Waals surface area (Å²) in [5, 5.41) is 10.4. The van der Waals surface area contributed by atoms with Crippen LogP contribution in [-0.4, -0.2) is 38.0 Å². The van der Waals surface area contributed by atoms with Crippen LogP contribution >= 0.6 is 11.3 Å². The molecule has 21 heavy (non-hydrogen) atoms. The normalized spacial score (nSPS) is 19.3. The summed E-state index contributed by atoms with van der Waals surface area (Å²) in [5.41, 5.74) is 0.710. The highest BCUT2D eigenvalue weighted by molar-refractivity contribution is 7.89. The number of aliphatic carboxylic acids is 1. The van der Waals surface area contributed by atoms with Gasteiger partial charge in [-0.1, -0.05) is 0 Å². The van der Waals surface area contributed by atoms with Crippen molar-refractivity contribution in [3.63, 3.8) is 0 Å². The summed E-state index contributed by atoms with van der Waals surface area (Å²) in [6.45, 7) is 0.779. The van der Waals surface area contributed by atoms with E-state index < -0.39 is 16.0 Å². The molecule has 6 nitrogen and oxygen atoms in total. The van der Waals surface area contributed by atoms with E-state index in [-0.39, 0.29) is 18.4 Å². The van der Waals surface area contributed by atoms with Crippen LogP contribution in [0.15, 0.2) is 17.5 Å². The van der Waals surface area contributed by atoms with E-state index in [1.165, 1.54) is 17.4 Å². The van der Waals surface area contributed by atoms with Crippen molar-refractivity contribution < 1.29 is 23.1 Å². The van der Waals surface area contributed by atoms with Gasteiger partial charge in [0.1, 0.15) is 0 Å². The fourth-order valence-electron chi connectivity index (χ4n) is 2.06. The van der Waals surface area contributed by atoms with Crippen molar-refractivity contribution in [3.8, 4) is 0 Å². The first-order chi connectivity index (χ1) is 9.96. The molecule has 0 bridgehead atoms. The van der Waals surface area contributed by atoms with Gasteiger partial charge < -0.3 is 9.84 Å². The lowest BCUT2D eigenvalue weighted by Gasteiger charge is -2.11. The zero-order valence-corrected chi connectivity index (χ0v) is 13.0. The molecule has 1 aromatic rings. The van der Waals surface area contributed by atoms with Crippen LogP contribution < -0.4 is 4.72 Å². The molecule has 2 rings (SSSR count). The number of sulfonamides is 1. The van der Waals surface area contributed by atoms with Gasteiger partial charge in [-0.25, -0.2) is 17.9 Å². The molecule has 0 saturated carbocycles. The molecule has 1 unspecified atom stereocenters. The number of rotatable bonds is 7. The average Bonchev–Trinajstić information content (AvgIpc) is 3.04. The van der Waals surface area contributed by atoms with Gasteiger partial charge in [0.25, 0.3) is 0 Å². The smallest absolute Gasteiger partial charge is 0.328 e. The highest BCUT2D eigenvalue weighted by Gasteiger charge is 2.23. The van der Waals surface area contributed by atoms with E-state index in [9.17, 15) is 13.2 Å². The maximum Gasteiger partial charge on any atom is 0.328 e. The monoisotopic (exact) mass is 331 g/mol. The Morgan fingerprint density at radius 3 is 3.05 bits per heavy atom. The molecule has 1 fully saturated rings. The molecular weight excluding hydrogens is 314 g/mol. The number of hydrogen-bond donors (Lipinski definition) is 2. The topological polar surface area (TPSA) is 92.7 Å². The molecule has 116 valence electrons. The zero-order chi connectivity index (χ0) is 15.3. The van der Waals surface area contributed by atoms with Gasteiger partial charge in [0.05, 0.1) is 11.9 Å². The Morgan fingerprint density at radius 2 is 2.38 bits per heavy atom. The van der Waals surface area contributed by atoms with E-state index >= 15 is 0 Å². The third-order valence-electron chi connectivity index (χ3n) is 3.07. The maximum atomic E-state index is 12.0. The lowest BCUT2D eigenvalue weighted by molar-refractivity contribution is -0.131. The Bertz CT molecular complexity index is 614. The van der Waals surface area contributed by atoms with E-state index in [2.05, 4.69) is 4.72 Å². The zero-order valence-electron chi connectivity index (χ0n) is 11.3. The quantitative estimate of drug-likeness (QED) is 0.738. The molecule has 8 heteroatoms. The summed E-state index contributed by atoms with van der Waals surface area (Å²) in [7, 11) is -3.40. The SMILES string of the molecule is O=C(O)/C=C/c1ccsc1CNS(=O)(=O)CC1CCCO1. The van der Waals surface area contributed by atoms with E-state index in [0.717, 1.165) is 23.8 Å². The summed E-state index contributed by atoms with van der Waals surface area (Å²) in [6, 6.07) is 1.76. The predicted molar refractivity (Wildman–Crippen MR) is 80.6 cm³/mol. The van der Waals surface area contributed by atoms with Crippen LogP contribution in [0.2, 0.25) is 0 Å². The maximum absolute atomic E-state index is 12.0. The first-order valence-electron chi connectivity index (χ1n) is 6.52. The lowest BCUT2D eigenvalue weighted by atomic mass is 10.2. The van der Waals surface area contributed by atoms with Gasteiger partial charge in [-0.2, -0.15) is 0 Å². The largest absolute Gasteiger partial charge is 0.478 e. The predicted octanol–water partition coefficient (Wildman–Crippen LogP) is 1.44. The molecule has 0 spiro atoms. The van der Waals surface area contributed by atoms with Gasteiger partial charge in [0, 0.05) is 24.1 Å². The highest BCUT2D eigenvalue weighted by atomic mass is 32.2. The fourth-order valence-corrected chi connectivity index (χ4v) is 4.19. The van der Waals surface area contributed by atoms with Crippen LogP contribution in [0.25, 0.3) is 6.08 Å². The molecule has 2 N–H and O–H groups in total. The van der Waals surface area contributed by atoms with Crippen molar-refractivity contribution in [3.05, 3.63) is 28.0 Å². The van der Waals surface area contributed by atoms with Crippen molar-refractivity contribution in [1.29, 1.82) is 0 Å². The van der Waals surface area contributed by atoms with Crippen LogP contribution in [0.1, 0.15) is 23.3 Å². The minimum Gasteiger partial charge on any atom is -0.478 e. The minimum absolute atomic E-state index is 0.0291. The Balaban J connectivity index is 1.93. The van der Waals surface area contributed by atoms with Crippen LogP contribution in [-0.2, 0) is 26.1 Å². The van der Waals surface area contributed by atoms with Crippen molar-refractivity contribution in [2.75, 3.05) is 12.4 Å². The highest BCUT2D eigenvalue weighted by Crippen LogP contribution is 2.19. The van der Waals surface area contributed by atoms with Crippen LogP contribution in [0.3, 0.4) is 0 Å². The first-order valence-corrected chi connectivity index (χ1v) is 9.06. The van der Waals surface area contributed by atoms with Gasteiger partial charge in [0.2, 0.25) is 10.0 Å². The molecule has 1 aliphatic rings. The first kappa shape index (κ1) is 16.2. The van der Waals surface area contributed by atoms with Gasteiger partial charge in [-0.3, -0.25) is 0 Å². The third-order valence-corrected chi connectivity index (χ3v) is 5.40. The van der Waals surface area contributed by atoms with Crippen molar-refractivity contribution in [2.45, 2.75) is 25.5 Å². The molecular formula is C13H17NO5S2. The van der Waals surface area contributed by atoms with Crippen LogP contribution in [0.5, 0.6) is 0 Å². The Hall–Kier alpha value is -1.22. The lowest BCUT2D eigenvalue weighted by Crippen LogP contribution is -2.31. The Kier molecular flexibility index (Phi) is 5.51. The van der Waals surface area contributed by atoms with Crippen molar-refractivity contribution >= 4 is 33.4 Å². The average molecular weight is 331 g/mol. The van der Waals surface area contributed by atoms with E-state index in [4.69, 9.17) is 9.84 Å². The number of carbonyl (C=O) groups is 1. The van der Waals surface area contributed by atoms with Gasteiger partial charge >= 0.3 is 5.97 Å². The number of hydrogen-bond acceptors (Lipinski definition) is 5. The van der Waals surface area contributed by atoms with Crippen molar-refractivity contribution in [2.24, 2.45) is 0 Å². The molecule has 1 atom stereocenters. The van der Waals surface area contributed by atoms with Gasteiger partial charge in [0.15, 0.2) is 0 Å². The molecule has 2 heterocycles. The summed E-state index contributed by atoms with van der Waals surface area (Å²) in [5.74, 6) is -1.07. The number of thiophene rings is 1. The summed E-state index contributed by atoms with van der Waals surface area (Å²) < 4.78 is 31.8. The summed E-state index contributed by atoms with van der Waals surface area (Å²) >= 11 is 1.38. The van der Waals surface area contributed by atoms with Crippen LogP contribution in [0, 0.1) is 0 Å². The van der Waals surface area contributed by atoms with E-state index in [1.54, 1.807) is 11.4 Å². The van der Waals surface area contributed by atoms with E-state index in [0.29, 0.717) is 12.2 Å². The van der Waals surface area contributed by atoms with Crippen LogP contribution in [0.4, 0.5) is 0 Å². The Morgan fingerprint density at radius 1 is 1.57 bits per heavy atom. The number of carboxylic acid groups (broad SMARTS) is 1. The molecule has 1 saturated heterocycles. The second-order valence-electron chi connectivity index (χ2n) is 4.71. The number of carboxylic acids is 1. The second kappa shape index (κ2) is 7.17. The Labute approximate surface area is 127 Å². The molecule has 1 aromatic heterocycles. The number of ether oxygens (including phenoxy) is 1. The minimum atomic E-state index is -3.40. The summed E-state index contributed by atoms with van der Waals surface area (Å²) in [6.07, 6.45) is 3.94.